The Kier molecular flexibility index (Phi) is 6.99. The third kappa shape index (κ3) is 5.07. The largest absolute Gasteiger partial charge is 0.495 e. The molecule has 1 N–H and O–H groups in total. The van der Waals surface area contributed by atoms with E-state index in [1.165, 1.54) is 18.9 Å². The molecule has 0 bridgehead atoms. The second-order valence-electron chi connectivity index (χ2n) is 6.71. The molecule has 0 aliphatic rings. The van der Waals surface area contributed by atoms with E-state index in [0.29, 0.717) is 26.6 Å². The summed E-state index contributed by atoms with van der Waals surface area (Å²) in [7, 11) is 1.54. The molecule has 1 heterocycles. The van der Waals surface area contributed by atoms with Crippen LogP contribution in [0.25, 0.3) is 5.69 Å². The van der Waals surface area contributed by atoms with Gasteiger partial charge >= 0.3 is 0 Å². The Morgan fingerprint density at radius 1 is 1.06 bits per heavy atom. The number of hydrogen-bond acceptors (Lipinski definition) is 5. The third-order valence-electron chi connectivity index (χ3n) is 4.59. The number of carbonyl (C=O) groups excluding carboxylic acids is 1. The first kappa shape index (κ1) is 22.2. The molecule has 0 fully saturated rings. The maximum atomic E-state index is 13.3. The van der Waals surface area contributed by atoms with E-state index in [4.69, 9.17) is 27.9 Å². The van der Waals surface area contributed by atoms with Gasteiger partial charge in [-0.1, -0.05) is 71.4 Å². The maximum absolute atomic E-state index is 13.3. The number of thioether (sulfide) groups is 1. The van der Waals surface area contributed by atoms with Gasteiger partial charge in [0.2, 0.25) is 5.91 Å². The molecule has 4 aromatic rings. The highest BCUT2D eigenvalue weighted by molar-refractivity contribution is 8.00. The fraction of sp³-hybridized carbons (Fsp3) is 0.0870. The Hall–Kier alpha value is -3.00. The van der Waals surface area contributed by atoms with Crippen LogP contribution in [-0.2, 0) is 4.79 Å². The number of hydrogen-bond donors (Lipinski definition) is 1. The lowest BCUT2D eigenvalue weighted by molar-refractivity contribution is -0.115. The van der Waals surface area contributed by atoms with Crippen molar-refractivity contribution in [2.45, 2.75) is 10.4 Å². The number of amides is 1. The average Bonchev–Trinajstić information content (AvgIpc) is 3.26. The van der Waals surface area contributed by atoms with Crippen molar-refractivity contribution in [2.24, 2.45) is 0 Å². The first-order valence-electron chi connectivity index (χ1n) is 9.57. The minimum atomic E-state index is -0.584. The van der Waals surface area contributed by atoms with Crippen LogP contribution in [0.5, 0.6) is 5.75 Å². The minimum absolute atomic E-state index is 0.219. The molecule has 0 saturated carbocycles. The van der Waals surface area contributed by atoms with Gasteiger partial charge in [-0.15, -0.1) is 10.2 Å². The number of nitrogens with one attached hydrogen (secondary N) is 1. The molecular formula is C23H18Cl2N4O2S. The molecule has 162 valence electrons. The highest BCUT2D eigenvalue weighted by Crippen LogP contribution is 2.37. The van der Waals surface area contributed by atoms with E-state index in [1.807, 2.05) is 48.5 Å². The highest BCUT2D eigenvalue weighted by Gasteiger charge is 2.25. The molecule has 3 aromatic carbocycles. The van der Waals surface area contributed by atoms with Gasteiger partial charge < -0.3 is 10.1 Å². The Morgan fingerprint density at radius 2 is 1.88 bits per heavy atom. The van der Waals surface area contributed by atoms with E-state index in [-0.39, 0.29) is 5.91 Å². The van der Waals surface area contributed by atoms with Crippen molar-refractivity contribution in [3.05, 3.63) is 94.7 Å². The SMILES string of the molecule is COc1ccc(NC(=O)C(Sc2nncn2-c2cccc(Cl)c2)c2ccccc2)cc1Cl. The summed E-state index contributed by atoms with van der Waals surface area (Å²) in [5.41, 5.74) is 2.20. The van der Waals surface area contributed by atoms with Crippen molar-refractivity contribution < 1.29 is 9.53 Å². The van der Waals surface area contributed by atoms with Crippen LogP contribution in [0.1, 0.15) is 10.8 Å². The molecule has 0 aliphatic carbocycles. The zero-order valence-electron chi connectivity index (χ0n) is 16.9. The average molecular weight is 485 g/mol. The summed E-state index contributed by atoms with van der Waals surface area (Å²) in [5, 5.41) is 12.2. The van der Waals surface area contributed by atoms with Gasteiger partial charge in [0, 0.05) is 10.7 Å². The van der Waals surface area contributed by atoms with Crippen LogP contribution in [0.15, 0.2) is 84.3 Å². The fourth-order valence-corrected chi connectivity index (χ4v) is 4.54. The third-order valence-corrected chi connectivity index (χ3v) is 6.33. The van der Waals surface area contributed by atoms with Gasteiger partial charge in [-0.2, -0.15) is 0 Å². The quantitative estimate of drug-likeness (QED) is 0.323. The molecule has 6 nitrogen and oxygen atoms in total. The summed E-state index contributed by atoms with van der Waals surface area (Å²) in [5.74, 6) is 0.316. The molecule has 1 unspecified atom stereocenters. The zero-order chi connectivity index (χ0) is 22.5. The fourth-order valence-electron chi connectivity index (χ4n) is 3.07. The first-order chi connectivity index (χ1) is 15.5. The molecule has 1 amide bonds. The summed E-state index contributed by atoms with van der Waals surface area (Å²) in [4.78, 5) is 13.3. The van der Waals surface area contributed by atoms with Crippen molar-refractivity contribution in [3.63, 3.8) is 0 Å². The van der Waals surface area contributed by atoms with Gasteiger partial charge in [-0.3, -0.25) is 9.36 Å². The van der Waals surface area contributed by atoms with E-state index in [0.717, 1.165) is 11.3 Å². The van der Waals surface area contributed by atoms with Crippen LogP contribution >= 0.6 is 35.0 Å². The van der Waals surface area contributed by atoms with E-state index >= 15 is 0 Å². The first-order valence-corrected chi connectivity index (χ1v) is 11.2. The highest BCUT2D eigenvalue weighted by atomic mass is 35.5. The van der Waals surface area contributed by atoms with Crippen molar-refractivity contribution >= 4 is 46.6 Å². The molecule has 0 saturated heterocycles. The number of carbonyl (C=O) groups is 1. The number of halogens is 2. The topological polar surface area (TPSA) is 69.0 Å². The van der Waals surface area contributed by atoms with Gasteiger partial charge in [0.05, 0.1) is 17.8 Å². The van der Waals surface area contributed by atoms with Crippen molar-refractivity contribution in [1.82, 2.24) is 14.8 Å². The normalized spacial score (nSPS) is 11.7. The van der Waals surface area contributed by atoms with E-state index in [9.17, 15) is 4.79 Å². The summed E-state index contributed by atoms with van der Waals surface area (Å²) in [6, 6.07) is 21.9. The molecule has 0 radical (unpaired) electrons. The minimum Gasteiger partial charge on any atom is -0.495 e. The number of nitrogens with zero attached hydrogens (tertiary/aromatic N) is 3. The lowest BCUT2D eigenvalue weighted by atomic mass is 10.1. The Labute approximate surface area is 199 Å². The molecule has 1 atom stereocenters. The van der Waals surface area contributed by atoms with Crippen LogP contribution in [0.2, 0.25) is 10.0 Å². The molecule has 32 heavy (non-hydrogen) atoms. The molecule has 9 heteroatoms. The summed E-state index contributed by atoms with van der Waals surface area (Å²) >= 11 is 13.6. The number of methoxy groups -OCH3 is 1. The van der Waals surface area contributed by atoms with Crippen molar-refractivity contribution in [1.29, 1.82) is 0 Å². The maximum Gasteiger partial charge on any atom is 0.242 e. The van der Waals surface area contributed by atoms with Crippen LogP contribution in [0.3, 0.4) is 0 Å². The summed E-state index contributed by atoms with van der Waals surface area (Å²) < 4.78 is 6.97. The van der Waals surface area contributed by atoms with Gasteiger partial charge in [0.1, 0.15) is 17.3 Å². The van der Waals surface area contributed by atoms with Crippen LogP contribution < -0.4 is 10.1 Å². The Bertz CT molecular complexity index is 1230. The van der Waals surface area contributed by atoms with Gasteiger partial charge in [-0.05, 0) is 42.0 Å². The molecule has 4 rings (SSSR count). The lowest BCUT2D eigenvalue weighted by Gasteiger charge is -2.17. The van der Waals surface area contributed by atoms with Crippen molar-refractivity contribution in [2.75, 3.05) is 12.4 Å². The predicted octanol–water partition coefficient (Wildman–Crippen LogP) is 6.05. The number of ether oxygens (including phenoxy) is 1. The van der Waals surface area contributed by atoms with E-state index in [2.05, 4.69) is 15.5 Å². The molecule has 1 aromatic heterocycles. The lowest BCUT2D eigenvalue weighted by Crippen LogP contribution is -2.19. The standard InChI is InChI=1S/C23H18Cl2N4O2S/c1-31-20-11-10-17(13-19(20)25)27-22(30)21(15-6-3-2-4-7-15)32-23-28-26-14-29(23)18-9-5-8-16(24)12-18/h2-14,21H,1H3,(H,27,30). The smallest absolute Gasteiger partial charge is 0.242 e. The number of aromatic nitrogens is 3. The molecule has 0 aliphatic heterocycles. The zero-order valence-corrected chi connectivity index (χ0v) is 19.2. The van der Waals surface area contributed by atoms with E-state index < -0.39 is 5.25 Å². The van der Waals surface area contributed by atoms with Crippen molar-refractivity contribution in [3.8, 4) is 11.4 Å². The van der Waals surface area contributed by atoms with Gasteiger partial charge in [-0.25, -0.2) is 0 Å². The summed E-state index contributed by atoms with van der Waals surface area (Å²) in [6.07, 6.45) is 1.59. The number of anilines is 1. The Morgan fingerprint density at radius 3 is 2.59 bits per heavy atom. The van der Waals surface area contributed by atoms with E-state index in [1.54, 1.807) is 35.2 Å². The van der Waals surface area contributed by atoms with Gasteiger partial charge in [0.15, 0.2) is 5.16 Å². The number of rotatable bonds is 7. The molecular weight excluding hydrogens is 467 g/mol. The van der Waals surface area contributed by atoms with Crippen LogP contribution in [-0.4, -0.2) is 27.8 Å². The second-order valence-corrected chi connectivity index (χ2v) is 8.63. The number of benzene rings is 3. The predicted molar refractivity (Wildman–Crippen MR) is 128 cm³/mol. The van der Waals surface area contributed by atoms with Gasteiger partial charge in [0.25, 0.3) is 0 Å². The monoisotopic (exact) mass is 484 g/mol. The Balaban J connectivity index is 1.64. The van der Waals surface area contributed by atoms with Crippen LogP contribution in [0, 0.1) is 0 Å². The van der Waals surface area contributed by atoms with Crippen LogP contribution in [0.4, 0.5) is 5.69 Å². The molecule has 0 spiro atoms. The summed E-state index contributed by atoms with van der Waals surface area (Å²) in [6.45, 7) is 0. The second kappa shape index (κ2) is 10.1.